The van der Waals surface area contributed by atoms with Crippen molar-refractivity contribution in [2.24, 2.45) is 0 Å². The van der Waals surface area contributed by atoms with Gasteiger partial charge in [0.05, 0.1) is 11.8 Å². The van der Waals surface area contributed by atoms with Crippen LogP contribution in [0.2, 0.25) is 0 Å². The number of carbonyl (C=O) groups excluding carboxylic acids is 1. The smallest absolute Gasteiger partial charge is 0.163 e. The second kappa shape index (κ2) is 4.74. The topological polar surface area (TPSA) is 39.2 Å². The maximum absolute atomic E-state index is 13.0. The normalized spacial score (nSPS) is 10.0. The van der Waals surface area contributed by atoms with Crippen LogP contribution in [0.25, 0.3) is 0 Å². The number of ketones is 1. The van der Waals surface area contributed by atoms with E-state index in [0.29, 0.717) is 11.5 Å². The van der Waals surface area contributed by atoms with Crippen LogP contribution < -0.4 is 4.74 Å². The second-order valence-electron chi connectivity index (χ2n) is 3.49. The van der Waals surface area contributed by atoms with E-state index in [1.807, 2.05) is 0 Å². The van der Waals surface area contributed by atoms with E-state index >= 15 is 0 Å². The summed E-state index contributed by atoms with van der Waals surface area (Å²) in [6.45, 7) is 1.37. The van der Waals surface area contributed by atoms with Gasteiger partial charge in [0, 0.05) is 6.20 Å². The average molecular weight is 231 g/mol. The highest BCUT2D eigenvalue weighted by molar-refractivity contribution is 5.96. The zero-order valence-electron chi connectivity index (χ0n) is 9.18. The SMILES string of the molecule is CC(=O)c1cc(F)ccc1Oc1cccnc1. The summed E-state index contributed by atoms with van der Waals surface area (Å²) < 4.78 is 18.5. The highest BCUT2D eigenvalue weighted by Gasteiger charge is 2.10. The molecule has 4 heteroatoms. The molecule has 17 heavy (non-hydrogen) atoms. The lowest BCUT2D eigenvalue weighted by atomic mass is 10.1. The number of aromatic nitrogens is 1. The molecule has 0 spiro atoms. The minimum Gasteiger partial charge on any atom is -0.455 e. The quantitative estimate of drug-likeness (QED) is 0.761. The number of hydrogen-bond donors (Lipinski definition) is 0. The van der Waals surface area contributed by atoms with Crippen molar-refractivity contribution in [1.82, 2.24) is 4.98 Å². The summed E-state index contributed by atoms with van der Waals surface area (Å²) in [7, 11) is 0. The van der Waals surface area contributed by atoms with Gasteiger partial charge in [-0.1, -0.05) is 0 Å². The molecule has 0 fully saturated rings. The molecule has 1 aromatic heterocycles. The molecule has 3 nitrogen and oxygen atoms in total. The minimum atomic E-state index is -0.464. The number of nitrogens with zero attached hydrogens (tertiary/aromatic N) is 1. The highest BCUT2D eigenvalue weighted by atomic mass is 19.1. The summed E-state index contributed by atoms with van der Waals surface area (Å²) in [4.78, 5) is 15.2. The Labute approximate surface area is 97.9 Å². The van der Waals surface area contributed by atoms with Gasteiger partial charge in [0.15, 0.2) is 5.78 Å². The number of Topliss-reactive ketones (excluding diaryl/α,β-unsaturated/α-hetero) is 1. The maximum Gasteiger partial charge on any atom is 0.163 e. The maximum atomic E-state index is 13.0. The van der Waals surface area contributed by atoms with Crippen LogP contribution in [0.15, 0.2) is 42.7 Å². The molecule has 0 radical (unpaired) electrons. The van der Waals surface area contributed by atoms with Crippen LogP contribution in [-0.2, 0) is 0 Å². The molecule has 0 atom stereocenters. The summed E-state index contributed by atoms with van der Waals surface area (Å²) in [6, 6.07) is 7.26. The molecular weight excluding hydrogens is 221 g/mol. The first kappa shape index (κ1) is 11.3. The van der Waals surface area contributed by atoms with Crippen molar-refractivity contribution in [2.75, 3.05) is 0 Å². The van der Waals surface area contributed by atoms with Crippen molar-refractivity contribution in [3.05, 3.63) is 54.1 Å². The van der Waals surface area contributed by atoms with E-state index in [2.05, 4.69) is 4.98 Å². The summed E-state index contributed by atoms with van der Waals surface area (Å²) in [6.07, 6.45) is 3.14. The Hall–Kier alpha value is -2.23. The molecule has 1 aromatic carbocycles. The monoisotopic (exact) mass is 231 g/mol. The highest BCUT2D eigenvalue weighted by Crippen LogP contribution is 2.25. The molecule has 0 bridgehead atoms. The zero-order chi connectivity index (χ0) is 12.3. The molecule has 2 rings (SSSR count). The van der Waals surface area contributed by atoms with Crippen molar-refractivity contribution >= 4 is 5.78 Å². The van der Waals surface area contributed by atoms with E-state index in [1.54, 1.807) is 18.3 Å². The fourth-order valence-electron chi connectivity index (χ4n) is 1.40. The summed E-state index contributed by atoms with van der Waals surface area (Å²) in [5, 5.41) is 0. The fraction of sp³-hybridized carbons (Fsp3) is 0.0769. The lowest BCUT2D eigenvalue weighted by Crippen LogP contribution is -1.98. The van der Waals surface area contributed by atoms with Crippen molar-refractivity contribution in [1.29, 1.82) is 0 Å². The Kier molecular flexibility index (Phi) is 3.14. The van der Waals surface area contributed by atoms with Gasteiger partial charge in [0.1, 0.15) is 17.3 Å². The number of benzene rings is 1. The second-order valence-corrected chi connectivity index (χ2v) is 3.49. The Balaban J connectivity index is 2.36. The molecule has 2 aromatic rings. The van der Waals surface area contributed by atoms with Crippen molar-refractivity contribution in [2.45, 2.75) is 6.92 Å². The van der Waals surface area contributed by atoms with E-state index in [4.69, 9.17) is 4.74 Å². The number of halogens is 1. The first-order chi connectivity index (χ1) is 8.16. The molecule has 0 aliphatic carbocycles. The van der Waals surface area contributed by atoms with E-state index in [9.17, 15) is 9.18 Å². The molecular formula is C13H10FNO2. The van der Waals surface area contributed by atoms with E-state index in [0.717, 1.165) is 6.07 Å². The van der Waals surface area contributed by atoms with Gasteiger partial charge in [-0.25, -0.2) is 4.39 Å². The van der Waals surface area contributed by atoms with Gasteiger partial charge in [0.25, 0.3) is 0 Å². The summed E-state index contributed by atoms with van der Waals surface area (Å²) >= 11 is 0. The van der Waals surface area contributed by atoms with Crippen LogP contribution >= 0.6 is 0 Å². The molecule has 0 aliphatic rings. The van der Waals surface area contributed by atoms with E-state index < -0.39 is 5.82 Å². The van der Waals surface area contributed by atoms with Crippen molar-refractivity contribution < 1.29 is 13.9 Å². The predicted octanol–water partition coefficient (Wildman–Crippen LogP) is 3.22. The van der Waals surface area contributed by atoms with Gasteiger partial charge < -0.3 is 4.74 Å². The Bertz CT molecular complexity index is 540. The van der Waals surface area contributed by atoms with Gasteiger partial charge >= 0.3 is 0 Å². The molecule has 1 heterocycles. The van der Waals surface area contributed by atoms with Crippen LogP contribution in [0, 0.1) is 5.82 Å². The molecule has 0 amide bonds. The number of ether oxygens (including phenoxy) is 1. The van der Waals surface area contributed by atoms with Crippen LogP contribution in [0.5, 0.6) is 11.5 Å². The van der Waals surface area contributed by atoms with Gasteiger partial charge in [-0.05, 0) is 37.3 Å². The number of hydrogen-bond acceptors (Lipinski definition) is 3. The molecule has 0 N–H and O–H groups in total. The van der Waals surface area contributed by atoms with Crippen LogP contribution in [-0.4, -0.2) is 10.8 Å². The average Bonchev–Trinajstić information content (AvgIpc) is 2.32. The lowest BCUT2D eigenvalue weighted by molar-refractivity contribution is 0.101. The molecule has 86 valence electrons. The third kappa shape index (κ3) is 2.66. The summed E-state index contributed by atoms with van der Waals surface area (Å²) in [5.74, 6) is 0.116. The number of carbonyl (C=O) groups is 1. The Morgan fingerprint density at radius 3 is 2.82 bits per heavy atom. The van der Waals surface area contributed by atoms with Gasteiger partial charge in [0.2, 0.25) is 0 Å². The first-order valence-electron chi connectivity index (χ1n) is 5.05. The first-order valence-corrected chi connectivity index (χ1v) is 5.05. The molecule has 0 saturated carbocycles. The molecule has 0 aliphatic heterocycles. The third-order valence-electron chi connectivity index (χ3n) is 2.18. The summed E-state index contributed by atoms with van der Waals surface area (Å²) in [5.41, 5.74) is 0.217. The van der Waals surface area contributed by atoms with Crippen LogP contribution in [0.4, 0.5) is 4.39 Å². The van der Waals surface area contributed by atoms with E-state index in [1.165, 1.54) is 25.3 Å². The van der Waals surface area contributed by atoms with Gasteiger partial charge in [-0.3, -0.25) is 9.78 Å². The van der Waals surface area contributed by atoms with Crippen LogP contribution in [0.3, 0.4) is 0 Å². The van der Waals surface area contributed by atoms with Gasteiger partial charge in [-0.2, -0.15) is 0 Å². The third-order valence-corrected chi connectivity index (χ3v) is 2.18. The molecule has 0 saturated heterocycles. The Morgan fingerprint density at radius 2 is 2.18 bits per heavy atom. The van der Waals surface area contributed by atoms with Crippen molar-refractivity contribution in [3.63, 3.8) is 0 Å². The number of rotatable bonds is 3. The minimum absolute atomic E-state index is 0.217. The number of pyridine rings is 1. The zero-order valence-corrected chi connectivity index (χ0v) is 9.18. The lowest BCUT2D eigenvalue weighted by Gasteiger charge is -2.08. The Morgan fingerprint density at radius 1 is 1.35 bits per heavy atom. The van der Waals surface area contributed by atoms with Crippen LogP contribution in [0.1, 0.15) is 17.3 Å². The largest absolute Gasteiger partial charge is 0.455 e. The van der Waals surface area contributed by atoms with Gasteiger partial charge in [-0.15, -0.1) is 0 Å². The standard InChI is InChI=1S/C13H10FNO2/c1-9(16)12-7-10(14)4-5-13(12)17-11-3-2-6-15-8-11/h2-8H,1H3. The van der Waals surface area contributed by atoms with E-state index in [-0.39, 0.29) is 11.3 Å². The van der Waals surface area contributed by atoms with Crippen molar-refractivity contribution in [3.8, 4) is 11.5 Å². The fourth-order valence-corrected chi connectivity index (χ4v) is 1.40. The predicted molar refractivity (Wildman–Crippen MR) is 60.7 cm³/mol. The molecule has 0 unspecified atom stereocenters.